The summed E-state index contributed by atoms with van der Waals surface area (Å²) >= 11 is 6.16. The van der Waals surface area contributed by atoms with E-state index in [4.69, 9.17) is 21.1 Å². The number of ether oxygens (including phenoxy) is 2. The third-order valence-electron chi connectivity index (χ3n) is 5.33. The van der Waals surface area contributed by atoms with Gasteiger partial charge in [-0.2, -0.15) is 0 Å². The van der Waals surface area contributed by atoms with Crippen molar-refractivity contribution in [2.45, 2.75) is 13.5 Å². The summed E-state index contributed by atoms with van der Waals surface area (Å²) in [5.74, 6) is -1.14. The second kappa shape index (κ2) is 9.11. The smallest absolute Gasteiger partial charge is 0.338 e. The molecule has 2 aromatic heterocycles. The van der Waals surface area contributed by atoms with E-state index in [1.807, 2.05) is 0 Å². The van der Waals surface area contributed by atoms with E-state index in [0.29, 0.717) is 11.4 Å². The molecule has 0 amide bonds. The Kier molecular flexibility index (Phi) is 6.21. The summed E-state index contributed by atoms with van der Waals surface area (Å²) in [7, 11) is 2.61. The van der Waals surface area contributed by atoms with Crippen LogP contribution in [-0.2, 0) is 11.3 Å². The number of hydrogen-bond donors (Lipinski definition) is 0. The largest absolute Gasteiger partial charge is 0.495 e. The highest BCUT2D eigenvalue weighted by Crippen LogP contribution is 2.25. The Hall–Kier alpha value is -3.98. The molecule has 2 heterocycles. The molecule has 0 aliphatic carbocycles. The highest BCUT2D eigenvalue weighted by Gasteiger charge is 2.24. The number of rotatable bonds is 5. The molecule has 0 bridgehead atoms. The Morgan fingerprint density at radius 3 is 2.53 bits per heavy atom. The summed E-state index contributed by atoms with van der Waals surface area (Å²) in [4.78, 5) is 44.3. The van der Waals surface area contributed by atoms with Crippen molar-refractivity contribution < 1.29 is 18.7 Å². The van der Waals surface area contributed by atoms with Crippen LogP contribution in [0.1, 0.15) is 21.6 Å². The van der Waals surface area contributed by atoms with Crippen LogP contribution in [0.25, 0.3) is 16.7 Å². The standard InChI is InChI=1S/C24H19ClFN3O5/c1-13-11-14(23(31)34-3)20-21(27-13)29(18-9-4-5-10-19(18)33-2)24(32)28(22(20)30)12-15-16(25)7-6-8-17(15)26/h4-11H,12H2,1-3H3. The van der Waals surface area contributed by atoms with Crippen molar-refractivity contribution in [2.24, 2.45) is 0 Å². The molecule has 4 rings (SSSR count). The third-order valence-corrected chi connectivity index (χ3v) is 5.68. The summed E-state index contributed by atoms with van der Waals surface area (Å²) < 4.78 is 26.8. The molecule has 10 heteroatoms. The van der Waals surface area contributed by atoms with Crippen molar-refractivity contribution in [1.82, 2.24) is 14.1 Å². The van der Waals surface area contributed by atoms with Crippen molar-refractivity contribution in [3.63, 3.8) is 0 Å². The monoisotopic (exact) mass is 483 g/mol. The van der Waals surface area contributed by atoms with Crippen LogP contribution >= 0.6 is 11.6 Å². The van der Waals surface area contributed by atoms with Gasteiger partial charge < -0.3 is 9.47 Å². The first kappa shape index (κ1) is 23.2. The number of aryl methyl sites for hydroxylation is 1. The molecule has 0 aliphatic heterocycles. The van der Waals surface area contributed by atoms with E-state index in [1.54, 1.807) is 31.2 Å². The molecule has 0 saturated heterocycles. The van der Waals surface area contributed by atoms with E-state index in [0.717, 1.165) is 9.13 Å². The van der Waals surface area contributed by atoms with Crippen LogP contribution in [0.15, 0.2) is 58.1 Å². The molecular formula is C24H19ClFN3O5. The fourth-order valence-electron chi connectivity index (χ4n) is 3.75. The molecule has 8 nitrogen and oxygen atoms in total. The second-order valence-electron chi connectivity index (χ2n) is 7.38. The minimum Gasteiger partial charge on any atom is -0.495 e. The Morgan fingerprint density at radius 2 is 1.85 bits per heavy atom. The molecule has 0 spiro atoms. The Balaban J connectivity index is 2.20. The lowest BCUT2D eigenvalue weighted by Crippen LogP contribution is -2.41. The molecule has 34 heavy (non-hydrogen) atoms. The molecule has 0 aliphatic rings. The van der Waals surface area contributed by atoms with Crippen molar-refractivity contribution >= 4 is 28.6 Å². The lowest BCUT2D eigenvalue weighted by atomic mass is 10.1. The molecule has 0 atom stereocenters. The molecule has 4 aromatic rings. The van der Waals surface area contributed by atoms with E-state index in [-0.39, 0.29) is 32.9 Å². The zero-order chi connectivity index (χ0) is 24.6. The fourth-order valence-corrected chi connectivity index (χ4v) is 3.97. The third kappa shape index (κ3) is 3.84. The maximum absolute atomic E-state index is 14.6. The maximum Gasteiger partial charge on any atom is 0.338 e. The lowest BCUT2D eigenvalue weighted by Gasteiger charge is -2.17. The van der Waals surface area contributed by atoms with Gasteiger partial charge in [0.1, 0.15) is 11.6 Å². The van der Waals surface area contributed by atoms with Gasteiger partial charge in [0, 0.05) is 16.3 Å². The quantitative estimate of drug-likeness (QED) is 0.403. The summed E-state index contributed by atoms with van der Waals surface area (Å²) in [6, 6.07) is 12.1. The van der Waals surface area contributed by atoms with Crippen molar-refractivity contribution in [3.8, 4) is 11.4 Å². The molecule has 0 saturated carbocycles. The Bertz CT molecular complexity index is 1540. The summed E-state index contributed by atoms with van der Waals surface area (Å²) in [5.41, 5.74) is -1.17. The van der Waals surface area contributed by atoms with Crippen LogP contribution < -0.4 is 16.0 Å². The number of methoxy groups -OCH3 is 2. The van der Waals surface area contributed by atoms with Gasteiger partial charge in [-0.3, -0.25) is 9.36 Å². The first-order chi connectivity index (χ1) is 16.3. The van der Waals surface area contributed by atoms with Crippen molar-refractivity contribution in [3.05, 3.63) is 97.0 Å². The van der Waals surface area contributed by atoms with Gasteiger partial charge in [0.2, 0.25) is 0 Å². The first-order valence-electron chi connectivity index (χ1n) is 10.1. The molecule has 0 fully saturated rings. The predicted molar refractivity (Wildman–Crippen MR) is 125 cm³/mol. The average Bonchev–Trinajstić information content (AvgIpc) is 2.82. The van der Waals surface area contributed by atoms with Crippen LogP contribution in [0.3, 0.4) is 0 Å². The van der Waals surface area contributed by atoms with Gasteiger partial charge in [-0.05, 0) is 37.3 Å². The first-order valence-corrected chi connectivity index (χ1v) is 10.5. The normalized spacial score (nSPS) is 11.0. The maximum atomic E-state index is 14.6. The van der Waals surface area contributed by atoms with Crippen LogP contribution in [0.2, 0.25) is 5.02 Å². The molecule has 2 aromatic carbocycles. The average molecular weight is 484 g/mol. The number of esters is 1. The highest BCUT2D eigenvalue weighted by atomic mass is 35.5. The van der Waals surface area contributed by atoms with E-state index in [9.17, 15) is 18.8 Å². The van der Waals surface area contributed by atoms with Crippen LogP contribution in [0.5, 0.6) is 5.75 Å². The molecule has 0 unspecified atom stereocenters. The second-order valence-corrected chi connectivity index (χ2v) is 7.79. The summed E-state index contributed by atoms with van der Waals surface area (Å²) in [6.45, 7) is 1.15. The topological polar surface area (TPSA) is 92.4 Å². The number of carbonyl (C=O) groups is 1. The summed E-state index contributed by atoms with van der Waals surface area (Å²) in [5, 5.41) is -0.110. The van der Waals surface area contributed by atoms with Gasteiger partial charge in [0.15, 0.2) is 5.65 Å². The minimum atomic E-state index is -0.835. The van der Waals surface area contributed by atoms with Crippen molar-refractivity contribution in [1.29, 1.82) is 0 Å². The van der Waals surface area contributed by atoms with Gasteiger partial charge in [0.05, 0.1) is 37.4 Å². The SMILES string of the molecule is COC(=O)c1cc(C)nc2c1c(=O)n(Cc1c(F)cccc1Cl)c(=O)n2-c1ccccc1OC. The predicted octanol–water partition coefficient (Wildman–Crippen LogP) is 3.49. The highest BCUT2D eigenvalue weighted by molar-refractivity contribution is 6.31. The van der Waals surface area contributed by atoms with E-state index in [2.05, 4.69) is 4.98 Å². The zero-order valence-corrected chi connectivity index (χ0v) is 19.2. The number of halogens is 2. The number of carbonyl (C=O) groups excluding carboxylic acids is 1. The van der Waals surface area contributed by atoms with Crippen LogP contribution in [0, 0.1) is 12.7 Å². The number of nitrogens with zero attached hydrogens (tertiary/aromatic N) is 3. The summed E-state index contributed by atoms with van der Waals surface area (Å²) in [6.07, 6.45) is 0. The molecule has 0 radical (unpaired) electrons. The molecular weight excluding hydrogens is 465 g/mol. The molecule has 0 N–H and O–H groups in total. The van der Waals surface area contributed by atoms with Gasteiger partial charge in [0.25, 0.3) is 5.56 Å². The number of hydrogen-bond acceptors (Lipinski definition) is 6. The van der Waals surface area contributed by atoms with Gasteiger partial charge in [-0.25, -0.2) is 23.5 Å². The van der Waals surface area contributed by atoms with E-state index in [1.165, 1.54) is 38.5 Å². The number of para-hydroxylation sites is 2. The van der Waals surface area contributed by atoms with Crippen LogP contribution in [0.4, 0.5) is 4.39 Å². The zero-order valence-electron chi connectivity index (χ0n) is 18.5. The van der Waals surface area contributed by atoms with Gasteiger partial charge >= 0.3 is 11.7 Å². The number of fused-ring (bicyclic) bond motifs is 1. The fraction of sp³-hybridized carbons (Fsp3) is 0.167. The Morgan fingerprint density at radius 1 is 1.12 bits per heavy atom. The van der Waals surface area contributed by atoms with Gasteiger partial charge in [-0.1, -0.05) is 29.8 Å². The number of aromatic nitrogens is 3. The van der Waals surface area contributed by atoms with Crippen LogP contribution in [-0.4, -0.2) is 34.3 Å². The lowest BCUT2D eigenvalue weighted by molar-refractivity contribution is 0.0602. The molecule has 174 valence electrons. The number of pyridine rings is 1. The number of benzene rings is 2. The Labute approximate surface area is 197 Å². The van der Waals surface area contributed by atoms with E-state index < -0.39 is 29.6 Å². The van der Waals surface area contributed by atoms with Crippen molar-refractivity contribution in [2.75, 3.05) is 14.2 Å². The van der Waals surface area contributed by atoms with Gasteiger partial charge in [-0.15, -0.1) is 0 Å². The van der Waals surface area contributed by atoms with E-state index >= 15 is 0 Å². The minimum absolute atomic E-state index is 0.0467.